The third kappa shape index (κ3) is 2.74. The van der Waals surface area contributed by atoms with Crippen molar-refractivity contribution in [1.29, 1.82) is 0 Å². The molecule has 1 amide bonds. The summed E-state index contributed by atoms with van der Waals surface area (Å²) in [5.41, 5.74) is 2.92. The predicted molar refractivity (Wildman–Crippen MR) is 67.9 cm³/mol. The Kier molecular flexibility index (Phi) is 3.41. The number of Topliss-reactive ketones (excluding diaryl/α,β-unsaturated/α-hetero) is 1. The highest BCUT2D eigenvalue weighted by Gasteiger charge is 2.05. The summed E-state index contributed by atoms with van der Waals surface area (Å²) in [6.07, 6.45) is 1.69. The van der Waals surface area contributed by atoms with Crippen LogP contribution in [0.3, 0.4) is 0 Å². The molecule has 0 atom stereocenters. The van der Waals surface area contributed by atoms with E-state index in [1.54, 1.807) is 6.33 Å². The van der Waals surface area contributed by atoms with Crippen LogP contribution in [0.25, 0.3) is 11.0 Å². The number of carbonyl (C=O) groups is 2. The smallest absolute Gasteiger partial charge is 0.227 e. The number of hydrogen-bond donors (Lipinski definition) is 1. The van der Waals surface area contributed by atoms with E-state index in [9.17, 15) is 9.59 Å². The lowest BCUT2D eigenvalue weighted by atomic mass is 10.2. The third-order valence-electron chi connectivity index (χ3n) is 2.69. The summed E-state index contributed by atoms with van der Waals surface area (Å²) < 4.78 is 1.94. The highest BCUT2D eigenvalue weighted by atomic mass is 16.2. The first-order valence-electron chi connectivity index (χ1n) is 5.72. The maximum absolute atomic E-state index is 11.3. The molecule has 1 N–H and O–H groups in total. The third-order valence-corrected chi connectivity index (χ3v) is 2.69. The van der Waals surface area contributed by atoms with Crippen LogP contribution in [-0.4, -0.2) is 21.2 Å². The van der Waals surface area contributed by atoms with Crippen LogP contribution in [-0.2, 0) is 23.2 Å². The van der Waals surface area contributed by atoms with Gasteiger partial charge >= 0.3 is 0 Å². The van der Waals surface area contributed by atoms with Gasteiger partial charge in [-0.25, -0.2) is 4.98 Å². The van der Waals surface area contributed by atoms with Crippen LogP contribution in [0.15, 0.2) is 24.5 Å². The van der Waals surface area contributed by atoms with E-state index in [1.807, 2.05) is 29.8 Å². The van der Waals surface area contributed by atoms with Crippen LogP contribution in [0, 0.1) is 0 Å². The number of ketones is 1. The number of fused-ring (bicyclic) bond motifs is 1. The summed E-state index contributed by atoms with van der Waals surface area (Å²) in [5.74, 6) is -0.378. The van der Waals surface area contributed by atoms with Crippen LogP contribution >= 0.6 is 0 Å². The molecular weight excluding hydrogens is 230 g/mol. The van der Waals surface area contributed by atoms with Crippen LogP contribution in [0.4, 0.5) is 0 Å². The predicted octanol–water partition coefficient (Wildman–Crippen LogP) is 1.17. The number of rotatable bonds is 4. The molecular formula is C13H15N3O2. The fourth-order valence-electron chi connectivity index (χ4n) is 1.78. The Morgan fingerprint density at radius 2 is 2.17 bits per heavy atom. The molecule has 0 unspecified atom stereocenters. The average molecular weight is 245 g/mol. The summed E-state index contributed by atoms with van der Waals surface area (Å²) >= 11 is 0. The Labute approximate surface area is 105 Å². The van der Waals surface area contributed by atoms with Gasteiger partial charge in [0.25, 0.3) is 0 Å². The molecule has 18 heavy (non-hydrogen) atoms. The maximum atomic E-state index is 11.3. The SMILES string of the molecule is CC(=O)CC(=O)NCc1ccc2c(c1)ncn2C. The van der Waals surface area contributed by atoms with Gasteiger partial charge in [0.15, 0.2) is 0 Å². The standard InChI is InChI=1S/C13H15N3O2/c1-9(17)5-13(18)14-7-10-3-4-12-11(6-10)15-8-16(12)2/h3-4,6,8H,5,7H2,1-2H3,(H,14,18). The van der Waals surface area contributed by atoms with Crippen molar-refractivity contribution in [2.75, 3.05) is 0 Å². The molecule has 0 radical (unpaired) electrons. The van der Waals surface area contributed by atoms with Gasteiger partial charge in [0.05, 0.1) is 23.8 Å². The second-order valence-corrected chi connectivity index (χ2v) is 4.33. The van der Waals surface area contributed by atoms with E-state index < -0.39 is 0 Å². The minimum atomic E-state index is -0.247. The van der Waals surface area contributed by atoms with E-state index in [0.29, 0.717) is 6.54 Å². The molecule has 0 aliphatic rings. The molecule has 5 heteroatoms. The van der Waals surface area contributed by atoms with E-state index in [-0.39, 0.29) is 18.1 Å². The molecule has 5 nitrogen and oxygen atoms in total. The lowest BCUT2D eigenvalue weighted by Crippen LogP contribution is -2.24. The lowest BCUT2D eigenvalue weighted by Gasteiger charge is -2.04. The van der Waals surface area contributed by atoms with Crippen molar-refractivity contribution in [3.63, 3.8) is 0 Å². The normalized spacial score (nSPS) is 10.6. The number of nitrogens with zero attached hydrogens (tertiary/aromatic N) is 2. The molecule has 2 aromatic rings. The van der Waals surface area contributed by atoms with Gasteiger partial charge in [-0.3, -0.25) is 9.59 Å². The summed E-state index contributed by atoms with van der Waals surface area (Å²) in [7, 11) is 1.93. The van der Waals surface area contributed by atoms with Gasteiger partial charge in [0.2, 0.25) is 5.91 Å². The number of amides is 1. The second kappa shape index (κ2) is 5.00. The molecule has 94 valence electrons. The molecule has 0 saturated carbocycles. The van der Waals surface area contributed by atoms with Crippen molar-refractivity contribution in [2.45, 2.75) is 19.9 Å². The van der Waals surface area contributed by atoms with Crippen molar-refractivity contribution in [3.05, 3.63) is 30.1 Å². The summed E-state index contributed by atoms with van der Waals surface area (Å²) in [5, 5.41) is 2.71. The van der Waals surface area contributed by atoms with Gasteiger partial charge in [0.1, 0.15) is 5.78 Å². The van der Waals surface area contributed by atoms with Crippen molar-refractivity contribution in [3.8, 4) is 0 Å². The Morgan fingerprint density at radius 3 is 2.89 bits per heavy atom. The largest absolute Gasteiger partial charge is 0.352 e. The first kappa shape index (κ1) is 12.3. The Hall–Kier alpha value is -2.17. The number of benzene rings is 1. The number of hydrogen-bond acceptors (Lipinski definition) is 3. The zero-order chi connectivity index (χ0) is 13.1. The molecule has 0 saturated heterocycles. The summed E-state index contributed by atoms with van der Waals surface area (Å²) in [6.45, 7) is 1.82. The zero-order valence-electron chi connectivity index (χ0n) is 10.4. The molecule has 1 aromatic heterocycles. The molecule has 2 rings (SSSR count). The van der Waals surface area contributed by atoms with E-state index in [0.717, 1.165) is 16.6 Å². The molecule has 0 bridgehead atoms. The van der Waals surface area contributed by atoms with E-state index in [2.05, 4.69) is 10.3 Å². The van der Waals surface area contributed by atoms with Gasteiger partial charge < -0.3 is 9.88 Å². The molecule has 0 aliphatic carbocycles. The van der Waals surface area contributed by atoms with Crippen LogP contribution < -0.4 is 5.32 Å². The summed E-state index contributed by atoms with van der Waals surface area (Å²) in [4.78, 5) is 26.4. The van der Waals surface area contributed by atoms with Gasteiger partial charge in [-0.2, -0.15) is 0 Å². The fourth-order valence-corrected chi connectivity index (χ4v) is 1.78. The molecule has 0 fully saturated rings. The van der Waals surface area contributed by atoms with E-state index in [1.165, 1.54) is 6.92 Å². The molecule has 1 aromatic carbocycles. The van der Waals surface area contributed by atoms with Gasteiger partial charge in [0, 0.05) is 13.6 Å². The summed E-state index contributed by atoms with van der Waals surface area (Å²) in [6, 6.07) is 5.84. The minimum absolute atomic E-state index is 0.0637. The van der Waals surface area contributed by atoms with Crippen LogP contribution in [0.2, 0.25) is 0 Å². The number of imidazole rings is 1. The highest BCUT2D eigenvalue weighted by molar-refractivity contribution is 5.96. The molecule has 0 spiro atoms. The Balaban J connectivity index is 2.04. The highest BCUT2D eigenvalue weighted by Crippen LogP contribution is 2.13. The number of nitrogens with one attached hydrogen (secondary N) is 1. The van der Waals surface area contributed by atoms with Gasteiger partial charge in [-0.05, 0) is 24.6 Å². The van der Waals surface area contributed by atoms with E-state index in [4.69, 9.17) is 0 Å². The minimum Gasteiger partial charge on any atom is -0.352 e. The first-order valence-corrected chi connectivity index (χ1v) is 5.72. The topological polar surface area (TPSA) is 64.0 Å². The van der Waals surface area contributed by atoms with Gasteiger partial charge in [-0.1, -0.05) is 6.07 Å². The van der Waals surface area contributed by atoms with Crippen LogP contribution in [0.5, 0.6) is 0 Å². The Bertz CT molecular complexity index is 601. The monoisotopic (exact) mass is 245 g/mol. The molecule has 0 aliphatic heterocycles. The lowest BCUT2D eigenvalue weighted by molar-refractivity contribution is -0.127. The van der Waals surface area contributed by atoms with Crippen LogP contribution in [0.1, 0.15) is 18.9 Å². The van der Waals surface area contributed by atoms with Crippen molar-refractivity contribution < 1.29 is 9.59 Å². The Morgan fingerprint density at radius 1 is 1.39 bits per heavy atom. The van der Waals surface area contributed by atoms with Crippen molar-refractivity contribution in [2.24, 2.45) is 7.05 Å². The zero-order valence-corrected chi connectivity index (χ0v) is 10.4. The number of aryl methyl sites for hydroxylation is 1. The quantitative estimate of drug-likeness (QED) is 0.822. The maximum Gasteiger partial charge on any atom is 0.227 e. The number of carbonyl (C=O) groups excluding carboxylic acids is 2. The first-order chi connectivity index (χ1) is 8.56. The number of aromatic nitrogens is 2. The van der Waals surface area contributed by atoms with E-state index >= 15 is 0 Å². The fraction of sp³-hybridized carbons (Fsp3) is 0.308. The van der Waals surface area contributed by atoms with Gasteiger partial charge in [-0.15, -0.1) is 0 Å². The van der Waals surface area contributed by atoms with Crippen molar-refractivity contribution >= 4 is 22.7 Å². The second-order valence-electron chi connectivity index (χ2n) is 4.33. The van der Waals surface area contributed by atoms with Crippen molar-refractivity contribution in [1.82, 2.24) is 14.9 Å². The average Bonchev–Trinajstić information content (AvgIpc) is 2.67. The molecule has 1 heterocycles.